The Morgan fingerprint density at radius 3 is 1.44 bits per heavy atom. The van der Waals surface area contributed by atoms with Gasteiger partial charge in [-0.15, -0.1) is 12.4 Å². The summed E-state index contributed by atoms with van der Waals surface area (Å²) < 4.78 is 14.7. The first-order valence-corrected chi connectivity index (χ1v) is 23.4. The van der Waals surface area contributed by atoms with Crippen molar-refractivity contribution in [3.05, 3.63) is 252 Å². The lowest BCUT2D eigenvalue weighted by atomic mass is 9.97. The van der Waals surface area contributed by atoms with Crippen LogP contribution in [-0.2, 0) is 25.9 Å². The van der Waals surface area contributed by atoms with Gasteiger partial charge in [0.1, 0.15) is 22.7 Å². The average molecular weight is 970 g/mol. The standard InChI is InChI=1S/C28H24N4O2.C21H21N3O.C7H4ClNO.ClH/c1-19-29-23-16-17-31(28-30-24-14-8-9-15-25(24)34-28)18-22(23)27(33)32(19)26(20-10-4-2-5-11-20)21-12-6-3-7-13-21;1-15-23-19-12-13-22-14-18(19)21(25)24(15)20(16-8-4-2-5-9-16)17-10-6-3-7-11-17;8-7-9-5-3-1-2-4-6(5)10-7;/h2-15,26H,16-18H2,1H3;2-11,20,22H,12-14H2,1H3;1-4H;1H. The molecule has 10 aromatic rings. The van der Waals surface area contributed by atoms with E-state index in [1.807, 2.05) is 149 Å². The smallest absolute Gasteiger partial charge is 0.298 e. The van der Waals surface area contributed by atoms with E-state index < -0.39 is 0 Å². The quantitative estimate of drug-likeness (QED) is 0.164. The molecule has 0 saturated heterocycles. The molecule has 0 aliphatic carbocycles. The molecule has 4 aromatic heterocycles. The molecule has 0 spiro atoms. The van der Waals surface area contributed by atoms with Crippen molar-refractivity contribution in [3.8, 4) is 0 Å². The summed E-state index contributed by atoms with van der Waals surface area (Å²) in [5.74, 6) is 1.49. The second-order valence-electron chi connectivity index (χ2n) is 17.0. The highest BCUT2D eigenvalue weighted by Gasteiger charge is 2.29. The second-order valence-corrected chi connectivity index (χ2v) is 17.3. The molecule has 12 nitrogen and oxygen atoms in total. The van der Waals surface area contributed by atoms with Crippen LogP contribution < -0.4 is 21.3 Å². The Morgan fingerprint density at radius 2 is 0.957 bits per heavy atom. The Kier molecular flexibility index (Phi) is 14.5. The lowest BCUT2D eigenvalue weighted by molar-refractivity contribution is 0.535. The SMILES string of the molecule is Cc1nc2c(c(=O)n1C(c1ccccc1)c1ccccc1)CN(c1nc3ccccc3o1)CC2.Cc1nc2c(c(=O)n1C(c1ccccc1)c1ccccc1)CNCC2.Cl.Clc1nc2ccccc2o1. The van der Waals surface area contributed by atoms with Crippen molar-refractivity contribution >= 4 is 52.2 Å². The number of aryl methyl sites for hydroxylation is 2. The van der Waals surface area contributed by atoms with Crippen LogP contribution in [0.4, 0.5) is 6.01 Å². The van der Waals surface area contributed by atoms with E-state index >= 15 is 0 Å². The average Bonchev–Trinajstić information content (AvgIpc) is 4.01. The third-order valence-electron chi connectivity index (χ3n) is 12.5. The molecule has 2 aliphatic heterocycles. The molecule has 0 unspecified atom stereocenters. The van der Waals surface area contributed by atoms with E-state index in [4.69, 9.17) is 30.4 Å². The molecule has 0 saturated carbocycles. The van der Waals surface area contributed by atoms with Crippen LogP contribution in [-0.4, -0.2) is 42.2 Å². The lowest BCUT2D eigenvalue weighted by Crippen LogP contribution is -2.40. The van der Waals surface area contributed by atoms with Crippen molar-refractivity contribution in [3.63, 3.8) is 0 Å². The van der Waals surface area contributed by atoms with Gasteiger partial charge in [-0.05, 0) is 72.0 Å². The Hall–Kier alpha value is -7.64. The maximum Gasteiger partial charge on any atom is 0.298 e. The number of hydrogen-bond acceptors (Lipinski definition) is 10. The van der Waals surface area contributed by atoms with E-state index in [2.05, 4.69) is 63.8 Å². The number of hydrogen-bond donors (Lipinski definition) is 1. The molecule has 2 aliphatic rings. The zero-order valence-electron chi connectivity index (χ0n) is 38.6. The minimum Gasteiger partial charge on any atom is -0.428 e. The molecule has 0 atom stereocenters. The van der Waals surface area contributed by atoms with Gasteiger partial charge in [0.25, 0.3) is 22.5 Å². The fourth-order valence-corrected chi connectivity index (χ4v) is 9.45. The number of nitrogens with one attached hydrogen (secondary N) is 1. The van der Waals surface area contributed by atoms with Gasteiger partial charge in [-0.2, -0.15) is 9.97 Å². The van der Waals surface area contributed by atoms with Crippen molar-refractivity contribution in [2.24, 2.45) is 0 Å². The Labute approximate surface area is 415 Å². The predicted molar refractivity (Wildman–Crippen MR) is 277 cm³/mol. The molecule has 1 N–H and O–H groups in total. The highest BCUT2D eigenvalue weighted by atomic mass is 35.5. The van der Waals surface area contributed by atoms with E-state index in [1.165, 1.54) is 0 Å². The van der Waals surface area contributed by atoms with Crippen LogP contribution in [0.3, 0.4) is 0 Å². The van der Waals surface area contributed by atoms with Crippen LogP contribution in [0, 0.1) is 13.8 Å². The van der Waals surface area contributed by atoms with Gasteiger partial charge in [-0.25, -0.2) is 9.97 Å². The highest BCUT2D eigenvalue weighted by Crippen LogP contribution is 2.30. The number of halogens is 2. The molecule has 70 heavy (non-hydrogen) atoms. The normalized spacial score (nSPS) is 12.9. The maximum absolute atomic E-state index is 14.0. The van der Waals surface area contributed by atoms with Gasteiger partial charge in [0.15, 0.2) is 11.2 Å². The molecule has 0 amide bonds. The van der Waals surface area contributed by atoms with Gasteiger partial charge < -0.3 is 19.1 Å². The summed E-state index contributed by atoms with van der Waals surface area (Å²) in [5, 5.41) is 3.49. The van der Waals surface area contributed by atoms with Crippen LogP contribution in [0.2, 0.25) is 5.35 Å². The number of nitrogens with zero attached hydrogens (tertiary/aromatic N) is 7. The predicted octanol–water partition coefficient (Wildman–Crippen LogP) is 10.6. The molecule has 6 heterocycles. The number of anilines is 1. The van der Waals surface area contributed by atoms with E-state index in [9.17, 15) is 9.59 Å². The fourth-order valence-electron chi connectivity index (χ4n) is 9.28. The Balaban J connectivity index is 0.000000147. The monoisotopic (exact) mass is 968 g/mol. The van der Waals surface area contributed by atoms with Crippen molar-refractivity contribution < 1.29 is 8.83 Å². The van der Waals surface area contributed by atoms with E-state index in [0.717, 1.165) is 86.0 Å². The van der Waals surface area contributed by atoms with Gasteiger partial charge in [0.05, 0.1) is 41.1 Å². The van der Waals surface area contributed by atoms with Crippen molar-refractivity contribution in [1.82, 2.24) is 34.4 Å². The summed E-state index contributed by atoms with van der Waals surface area (Å²) in [7, 11) is 0. The zero-order chi connectivity index (χ0) is 47.3. The van der Waals surface area contributed by atoms with E-state index in [1.54, 1.807) is 0 Å². The summed E-state index contributed by atoms with van der Waals surface area (Å²) in [4.78, 5) is 47.6. The van der Waals surface area contributed by atoms with E-state index in [-0.39, 0.29) is 41.0 Å². The lowest BCUT2D eigenvalue weighted by Gasteiger charge is -2.29. The third kappa shape index (κ3) is 9.93. The molecule has 0 fully saturated rings. The van der Waals surface area contributed by atoms with Crippen LogP contribution in [0.25, 0.3) is 22.2 Å². The van der Waals surface area contributed by atoms with Crippen LogP contribution in [0.1, 0.15) is 68.5 Å². The number of benzene rings is 6. The van der Waals surface area contributed by atoms with Crippen LogP contribution in [0.15, 0.2) is 188 Å². The second kappa shape index (κ2) is 21.3. The molecular formula is C56H50Cl2N8O4. The largest absolute Gasteiger partial charge is 0.428 e. The summed E-state index contributed by atoms with van der Waals surface area (Å²) in [5.41, 5.74) is 10.7. The first-order chi connectivity index (χ1) is 33.8. The number of aromatic nitrogens is 6. The first kappa shape index (κ1) is 47.4. The molecule has 0 radical (unpaired) electrons. The summed E-state index contributed by atoms with van der Waals surface area (Å²) in [6, 6.07) is 55.9. The number of oxazole rings is 2. The van der Waals surface area contributed by atoms with Crippen molar-refractivity contribution in [1.29, 1.82) is 0 Å². The minimum absolute atomic E-state index is 0. The molecule has 352 valence electrons. The van der Waals surface area contributed by atoms with Gasteiger partial charge in [-0.1, -0.05) is 146 Å². The molecule has 0 bridgehead atoms. The summed E-state index contributed by atoms with van der Waals surface area (Å²) in [6.45, 7) is 6.46. The van der Waals surface area contributed by atoms with E-state index in [0.29, 0.717) is 37.6 Å². The fraction of sp³-hybridized carbons (Fsp3) is 0.179. The number of para-hydroxylation sites is 4. The Bertz CT molecular complexity index is 3350. The Morgan fingerprint density at radius 1 is 0.529 bits per heavy atom. The molecular weight excluding hydrogens is 920 g/mol. The summed E-state index contributed by atoms with van der Waals surface area (Å²) >= 11 is 5.51. The van der Waals surface area contributed by atoms with Gasteiger partial charge in [-0.3, -0.25) is 18.7 Å². The molecule has 12 rings (SSSR count). The summed E-state index contributed by atoms with van der Waals surface area (Å²) in [6.07, 6.45) is 1.49. The van der Waals surface area contributed by atoms with Crippen molar-refractivity contribution in [2.45, 2.75) is 51.9 Å². The molecule has 6 aromatic carbocycles. The molecule has 14 heteroatoms. The van der Waals surface area contributed by atoms with Crippen LogP contribution >= 0.6 is 24.0 Å². The van der Waals surface area contributed by atoms with Crippen LogP contribution in [0.5, 0.6) is 0 Å². The number of fused-ring (bicyclic) bond motifs is 4. The third-order valence-corrected chi connectivity index (χ3v) is 12.7. The minimum atomic E-state index is -0.257. The van der Waals surface area contributed by atoms with Crippen molar-refractivity contribution in [2.75, 3.05) is 18.0 Å². The van der Waals surface area contributed by atoms with Gasteiger partial charge in [0, 0.05) is 32.5 Å². The van der Waals surface area contributed by atoms with Gasteiger partial charge in [0.2, 0.25) is 0 Å². The highest BCUT2D eigenvalue weighted by molar-refractivity contribution is 6.28. The topological polar surface area (TPSA) is 137 Å². The van der Waals surface area contributed by atoms with Gasteiger partial charge >= 0.3 is 0 Å². The number of rotatable bonds is 7. The maximum atomic E-state index is 14.0. The zero-order valence-corrected chi connectivity index (χ0v) is 40.2. The first-order valence-electron chi connectivity index (χ1n) is 23.0.